The Morgan fingerprint density at radius 2 is 2.25 bits per heavy atom. The Hall–Kier alpha value is -1.29. The van der Waals surface area contributed by atoms with Crippen LogP contribution < -0.4 is 11.1 Å². The predicted octanol–water partition coefficient (Wildman–Crippen LogP) is 1.89. The number of nitrogens with two attached hydrogens (primary N) is 1. The summed E-state index contributed by atoms with van der Waals surface area (Å²) in [5.41, 5.74) is 5.02. The SMILES string of the molecule is CCC(C)(N)C(=O)NC(C)c1ccc(C)o1. The van der Waals surface area contributed by atoms with E-state index in [1.54, 1.807) is 6.92 Å². The highest BCUT2D eigenvalue weighted by Crippen LogP contribution is 2.16. The van der Waals surface area contributed by atoms with E-state index in [-0.39, 0.29) is 11.9 Å². The molecule has 2 unspecified atom stereocenters. The first-order chi connectivity index (χ1) is 7.36. The molecular weight excluding hydrogens is 204 g/mol. The van der Waals surface area contributed by atoms with Crippen molar-refractivity contribution in [2.24, 2.45) is 5.73 Å². The summed E-state index contributed by atoms with van der Waals surface area (Å²) < 4.78 is 5.44. The Morgan fingerprint density at radius 1 is 1.62 bits per heavy atom. The number of carbonyl (C=O) groups is 1. The first-order valence-corrected chi connectivity index (χ1v) is 5.53. The van der Waals surface area contributed by atoms with Crippen molar-refractivity contribution in [2.75, 3.05) is 0 Å². The van der Waals surface area contributed by atoms with Crippen LogP contribution in [0.25, 0.3) is 0 Å². The van der Waals surface area contributed by atoms with Gasteiger partial charge in [0.15, 0.2) is 0 Å². The lowest BCUT2D eigenvalue weighted by atomic mass is 9.99. The standard InChI is InChI=1S/C12H20N2O2/c1-5-12(4,13)11(15)14-9(3)10-7-6-8(2)16-10/h6-7,9H,5,13H2,1-4H3,(H,14,15). The smallest absolute Gasteiger partial charge is 0.240 e. The summed E-state index contributed by atoms with van der Waals surface area (Å²) in [6, 6.07) is 3.58. The van der Waals surface area contributed by atoms with Gasteiger partial charge in [0.1, 0.15) is 11.5 Å². The molecule has 16 heavy (non-hydrogen) atoms. The predicted molar refractivity (Wildman–Crippen MR) is 62.9 cm³/mol. The van der Waals surface area contributed by atoms with Crippen LogP contribution in [0.15, 0.2) is 16.5 Å². The molecule has 0 bridgehead atoms. The van der Waals surface area contributed by atoms with E-state index in [9.17, 15) is 4.79 Å². The Balaban J connectivity index is 2.65. The van der Waals surface area contributed by atoms with Gasteiger partial charge in [-0.05, 0) is 39.3 Å². The molecule has 3 N–H and O–H groups in total. The average Bonchev–Trinajstić information content (AvgIpc) is 2.64. The normalized spacial score (nSPS) is 16.6. The second-order valence-corrected chi connectivity index (χ2v) is 4.41. The molecule has 4 nitrogen and oxygen atoms in total. The van der Waals surface area contributed by atoms with Gasteiger partial charge < -0.3 is 15.5 Å². The number of nitrogens with one attached hydrogen (secondary N) is 1. The van der Waals surface area contributed by atoms with Gasteiger partial charge in [-0.1, -0.05) is 6.92 Å². The summed E-state index contributed by atoms with van der Waals surface area (Å²) in [7, 11) is 0. The van der Waals surface area contributed by atoms with Gasteiger partial charge in [0.2, 0.25) is 5.91 Å². The first-order valence-electron chi connectivity index (χ1n) is 5.53. The second kappa shape index (κ2) is 4.70. The third kappa shape index (κ3) is 2.85. The minimum Gasteiger partial charge on any atom is -0.464 e. The van der Waals surface area contributed by atoms with E-state index in [1.807, 2.05) is 32.9 Å². The Labute approximate surface area is 96.2 Å². The molecule has 0 aromatic carbocycles. The van der Waals surface area contributed by atoms with Crippen molar-refractivity contribution in [3.8, 4) is 0 Å². The van der Waals surface area contributed by atoms with Crippen LogP contribution >= 0.6 is 0 Å². The number of furan rings is 1. The molecule has 1 aromatic heterocycles. The van der Waals surface area contributed by atoms with Gasteiger partial charge in [-0.15, -0.1) is 0 Å². The lowest BCUT2D eigenvalue weighted by molar-refractivity contribution is -0.126. The minimum absolute atomic E-state index is 0.156. The largest absolute Gasteiger partial charge is 0.464 e. The van der Waals surface area contributed by atoms with E-state index in [0.29, 0.717) is 6.42 Å². The summed E-state index contributed by atoms with van der Waals surface area (Å²) in [6.07, 6.45) is 0.600. The molecule has 1 heterocycles. The van der Waals surface area contributed by atoms with Crippen LogP contribution in [-0.4, -0.2) is 11.4 Å². The van der Waals surface area contributed by atoms with Crippen LogP contribution in [0, 0.1) is 6.92 Å². The lowest BCUT2D eigenvalue weighted by Crippen LogP contribution is -2.51. The maximum Gasteiger partial charge on any atom is 0.240 e. The average molecular weight is 224 g/mol. The van der Waals surface area contributed by atoms with E-state index < -0.39 is 5.54 Å². The maximum atomic E-state index is 11.8. The summed E-state index contributed by atoms with van der Waals surface area (Å²) in [4.78, 5) is 11.8. The molecule has 1 aromatic rings. The molecule has 0 saturated heterocycles. The summed E-state index contributed by atoms with van der Waals surface area (Å²) in [5.74, 6) is 1.43. The van der Waals surface area contributed by atoms with Gasteiger partial charge in [0.05, 0.1) is 11.6 Å². The second-order valence-electron chi connectivity index (χ2n) is 4.41. The summed E-state index contributed by atoms with van der Waals surface area (Å²) >= 11 is 0. The van der Waals surface area contributed by atoms with Crippen molar-refractivity contribution in [1.82, 2.24) is 5.32 Å². The molecule has 0 aliphatic rings. The molecule has 0 saturated carbocycles. The summed E-state index contributed by atoms with van der Waals surface area (Å²) in [6.45, 7) is 7.36. The molecule has 0 aliphatic carbocycles. The maximum absolute atomic E-state index is 11.8. The van der Waals surface area contributed by atoms with Gasteiger partial charge in [-0.3, -0.25) is 4.79 Å². The fraction of sp³-hybridized carbons (Fsp3) is 0.583. The number of rotatable bonds is 4. The minimum atomic E-state index is -0.824. The van der Waals surface area contributed by atoms with Gasteiger partial charge in [0, 0.05) is 0 Å². The Morgan fingerprint density at radius 3 is 2.69 bits per heavy atom. The van der Waals surface area contributed by atoms with Gasteiger partial charge in [0.25, 0.3) is 0 Å². The molecular formula is C12H20N2O2. The Kier molecular flexibility index (Phi) is 3.75. The van der Waals surface area contributed by atoms with Crippen LogP contribution in [0.2, 0.25) is 0 Å². The molecule has 0 aliphatic heterocycles. The van der Waals surface area contributed by atoms with Gasteiger partial charge in [-0.2, -0.15) is 0 Å². The molecule has 0 spiro atoms. The van der Waals surface area contributed by atoms with Crippen molar-refractivity contribution < 1.29 is 9.21 Å². The van der Waals surface area contributed by atoms with E-state index >= 15 is 0 Å². The topological polar surface area (TPSA) is 68.3 Å². The fourth-order valence-corrected chi connectivity index (χ4v) is 1.28. The van der Waals surface area contributed by atoms with E-state index in [2.05, 4.69) is 5.32 Å². The fourth-order valence-electron chi connectivity index (χ4n) is 1.28. The molecule has 2 atom stereocenters. The highest BCUT2D eigenvalue weighted by Gasteiger charge is 2.27. The molecule has 0 radical (unpaired) electrons. The Bertz CT molecular complexity index is 369. The third-order valence-corrected chi connectivity index (χ3v) is 2.79. The van der Waals surface area contributed by atoms with Crippen LogP contribution in [0.1, 0.15) is 44.8 Å². The summed E-state index contributed by atoms with van der Waals surface area (Å²) in [5, 5.41) is 2.84. The van der Waals surface area contributed by atoms with Crippen molar-refractivity contribution >= 4 is 5.91 Å². The monoisotopic (exact) mass is 224 g/mol. The molecule has 4 heteroatoms. The highest BCUT2D eigenvalue weighted by molar-refractivity contribution is 5.85. The number of aryl methyl sites for hydroxylation is 1. The molecule has 0 fully saturated rings. The van der Waals surface area contributed by atoms with Crippen molar-refractivity contribution in [1.29, 1.82) is 0 Å². The molecule has 1 rings (SSSR count). The third-order valence-electron chi connectivity index (χ3n) is 2.79. The lowest BCUT2D eigenvalue weighted by Gasteiger charge is -2.23. The number of hydrogen-bond donors (Lipinski definition) is 2. The quantitative estimate of drug-likeness (QED) is 0.820. The first kappa shape index (κ1) is 12.8. The van der Waals surface area contributed by atoms with Crippen LogP contribution in [0.5, 0.6) is 0 Å². The highest BCUT2D eigenvalue weighted by atomic mass is 16.3. The van der Waals surface area contributed by atoms with E-state index in [4.69, 9.17) is 10.2 Å². The van der Waals surface area contributed by atoms with Crippen LogP contribution in [0.4, 0.5) is 0 Å². The van der Waals surface area contributed by atoms with E-state index in [1.165, 1.54) is 0 Å². The molecule has 1 amide bonds. The van der Waals surface area contributed by atoms with Crippen LogP contribution in [0.3, 0.4) is 0 Å². The zero-order valence-electron chi connectivity index (χ0n) is 10.3. The van der Waals surface area contributed by atoms with Gasteiger partial charge in [-0.25, -0.2) is 0 Å². The van der Waals surface area contributed by atoms with Crippen molar-refractivity contribution in [3.63, 3.8) is 0 Å². The molecule has 90 valence electrons. The zero-order chi connectivity index (χ0) is 12.3. The number of hydrogen-bond acceptors (Lipinski definition) is 3. The van der Waals surface area contributed by atoms with Crippen LogP contribution in [-0.2, 0) is 4.79 Å². The van der Waals surface area contributed by atoms with E-state index in [0.717, 1.165) is 11.5 Å². The number of amides is 1. The zero-order valence-corrected chi connectivity index (χ0v) is 10.3. The van der Waals surface area contributed by atoms with Crippen molar-refractivity contribution in [2.45, 2.75) is 45.7 Å². The number of carbonyl (C=O) groups excluding carboxylic acids is 1. The van der Waals surface area contributed by atoms with Crippen molar-refractivity contribution in [3.05, 3.63) is 23.7 Å². The van der Waals surface area contributed by atoms with Gasteiger partial charge >= 0.3 is 0 Å².